The average molecular weight is 280 g/mol. The molecule has 0 amide bonds. The van der Waals surface area contributed by atoms with Gasteiger partial charge < -0.3 is 9.52 Å². The van der Waals surface area contributed by atoms with E-state index in [9.17, 15) is 4.79 Å². The van der Waals surface area contributed by atoms with Crippen molar-refractivity contribution in [3.63, 3.8) is 0 Å². The quantitative estimate of drug-likeness (QED) is 0.750. The normalized spacial score (nSPS) is 10.9. The Balaban J connectivity index is 1.99. The number of carbonyl (C=O) groups is 1. The van der Waals surface area contributed by atoms with E-state index in [0.717, 1.165) is 24.0 Å². The van der Waals surface area contributed by atoms with Crippen molar-refractivity contribution in [1.29, 1.82) is 0 Å². The molecule has 21 heavy (non-hydrogen) atoms. The van der Waals surface area contributed by atoms with Crippen LogP contribution in [-0.2, 0) is 6.42 Å². The Morgan fingerprint density at radius 2 is 1.81 bits per heavy atom. The maximum absolute atomic E-state index is 11.1. The minimum absolute atomic E-state index is 0.204. The number of carboxylic acids is 1. The van der Waals surface area contributed by atoms with Gasteiger partial charge in [-0.05, 0) is 35.2 Å². The summed E-state index contributed by atoms with van der Waals surface area (Å²) in [4.78, 5) is 11.1. The second-order valence-electron chi connectivity index (χ2n) is 5.11. The molecule has 0 unspecified atom stereocenters. The summed E-state index contributed by atoms with van der Waals surface area (Å²) in [5.74, 6) is -0.967. The number of aryl methyl sites for hydroxylation is 1. The largest absolute Gasteiger partial charge is 0.478 e. The SMILES string of the molecule is CCCc1ccc(-c2ccc3c(C(=O)O)coc3c2)cc1. The lowest BCUT2D eigenvalue weighted by atomic mass is 10.0. The van der Waals surface area contributed by atoms with Crippen molar-refractivity contribution >= 4 is 16.9 Å². The average Bonchev–Trinajstić information content (AvgIpc) is 2.91. The Morgan fingerprint density at radius 3 is 2.48 bits per heavy atom. The molecular formula is C18H16O3. The van der Waals surface area contributed by atoms with Crippen molar-refractivity contribution in [2.24, 2.45) is 0 Å². The van der Waals surface area contributed by atoms with Crippen LogP contribution < -0.4 is 0 Å². The van der Waals surface area contributed by atoms with Crippen LogP contribution in [0.25, 0.3) is 22.1 Å². The van der Waals surface area contributed by atoms with Crippen LogP contribution in [0, 0.1) is 0 Å². The molecule has 106 valence electrons. The Bertz CT molecular complexity index is 782. The molecule has 0 aliphatic rings. The van der Waals surface area contributed by atoms with Crippen LogP contribution in [0.3, 0.4) is 0 Å². The fraction of sp³-hybridized carbons (Fsp3) is 0.167. The lowest BCUT2D eigenvalue weighted by molar-refractivity contribution is 0.0698. The van der Waals surface area contributed by atoms with E-state index in [0.29, 0.717) is 11.0 Å². The monoisotopic (exact) mass is 280 g/mol. The first-order valence-electron chi connectivity index (χ1n) is 7.03. The van der Waals surface area contributed by atoms with Gasteiger partial charge in [-0.1, -0.05) is 43.7 Å². The maximum atomic E-state index is 11.1. The van der Waals surface area contributed by atoms with E-state index < -0.39 is 5.97 Å². The van der Waals surface area contributed by atoms with E-state index in [1.54, 1.807) is 6.07 Å². The summed E-state index contributed by atoms with van der Waals surface area (Å²) in [6.07, 6.45) is 3.51. The highest BCUT2D eigenvalue weighted by Gasteiger charge is 2.12. The zero-order valence-electron chi connectivity index (χ0n) is 11.8. The van der Waals surface area contributed by atoms with Crippen molar-refractivity contribution in [1.82, 2.24) is 0 Å². The molecule has 0 saturated carbocycles. The molecule has 3 rings (SSSR count). The highest BCUT2D eigenvalue weighted by molar-refractivity contribution is 6.03. The summed E-state index contributed by atoms with van der Waals surface area (Å²) >= 11 is 0. The molecule has 0 radical (unpaired) electrons. The Labute approximate surface area is 122 Å². The minimum atomic E-state index is -0.967. The Morgan fingerprint density at radius 1 is 1.10 bits per heavy atom. The number of fused-ring (bicyclic) bond motifs is 1. The summed E-state index contributed by atoms with van der Waals surface area (Å²) in [5.41, 5.74) is 4.26. The molecular weight excluding hydrogens is 264 g/mol. The van der Waals surface area contributed by atoms with Gasteiger partial charge in [-0.3, -0.25) is 0 Å². The van der Waals surface area contributed by atoms with Crippen LogP contribution in [-0.4, -0.2) is 11.1 Å². The molecule has 0 aliphatic carbocycles. The van der Waals surface area contributed by atoms with Gasteiger partial charge in [-0.15, -0.1) is 0 Å². The predicted octanol–water partition coefficient (Wildman–Crippen LogP) is 4.75. The molecule has 3 aromatic rings. The molecule has 0 fully saturated rings. The first kappa shape index (κ1) is 13.4. The van der Waals surface area contributed by atoms with Gasteiger partial charge in [0.2, 0.25) is 0 Å². The third kappa shape index (κ3) is 2.55. The summed E-state index contributed by atoms with van der Waals surface area (Å²) in [7, 11) is 0. The summed E-state index contributed by atoms with van der Waals surface area (Å²) in [6.45, 7) is 2.17. The first-order chi connectivity index (χ1) is 10.2. The van der Waals surface area contributed by atoms with Crippen molar-refractivity contribution in [2.45, 2.75) is 19.8 Å². The lowest BCUT2D eigenvalue weighted by Crippen LogP contribution is -1.93. The minimum Gasteiger partial charge on any atom is -0.478 e. The zero-order valence-corrected chi connectivity index (χ0v) is 11.8. The van der Waals surface area contributed by atoms with Crippen LogP contribution in [0.1, 0.15) is 29.3 Å². The van der Waals surface area contributed by atoms with E-state index in [2.05, 4.69) is 31.2 Å². The summed E-state index contributed by atoms with van der Waals surface area (Å²) in [6, 6.07) is 14.1. The standard InChI is InChI=1S/C18H16O3/c1-2-3-12-4-6-13(7-5-12)14-8-9-15-16(18(19)20)11-21-17(15)10-14/h4-11H,2-3H2,1H3,(H,19,20). The van der Waals surface area contributed by atoms with Gasteiger partial charge in [-0.2, -0.15) is 0 Å². The number of aromatic carboxylic acids is 1. The molecule has 1 heterocycles. The van der Waals surface area contributed by atoms with Crippen LogP contribution in [0.5, 0.6) is 0 Å². The fourth-order valence-corrected chi connectivity index (χ4v) is 2.53. The predicted molar refractivity (Wildman–Crippen MR) is 82.6 cm³/mol. The van der Waals surface area contributed by atoms with Crippen LogP contribution in [0.4, 0.5) is 0 Å². The summed E-state index contributed by atoms with van der Waals surface area (Å²) < 4.78 is 5.35. The van der Waals surface area contributed by atoms with Gasteiger partial charge in [0.1, 0.15) is 17.4 Å². The number of rotatable bonds is 4. The molecule has 3 nitrogen and oxygen atoms in total. The molecule has 1 N–H and O–H groups in total. The molecule has 0 spiro atoms. The third-order valence-corrected chi connectivity index (χ3v) is 3.63. The molecule has 3 heteroatoms. The smallest absolute Gasteiger partial charge is 0.339 e. The number of benzene rings is 2. The van der Waals surface area contributed by atoms with E-state index in [1.807, 2.05) is 12.1 Å². The second kappa shape index (κ2) is 5.44. The van der Waals surface area contributed by atoms with Crippen molar-refractivity contribution in [3.05, 3.63) is 59.9 Å². The van der Waals surface area contributed by atoms with E-state index in [-0.39, 0.29) is 5.56 Å². The van der Waals surface area contributed by atoms with Gasteiger partial charge in [0.25, 0.3) is 0 Å². The fourth-order valence-electron chi connectivity index (χ4n) is 2.53. The Hall–Kier alpha value is -2.55. The number of hydrogen-bond donors (Lipinski definition) is 1. The highest BCUT2D eigenvalue weighted by Crippen LogP contribution is 2.28. The van der Waals surface area contributed by atoms with Crippen molar-refractivity contribution in [2.75, 3.05) is 0 Å². The second-order valence-corrected chi connectivity index (χ2v) is 5.11. The Kier molecular flexibility index (Phi) is 3.48. The van der Waals surface area contributed by atoms with Crippen LogP contribution >= 0.6 is 0 Å². The van der Waals surface area contributed by atoms with Gasteiger partial charge in [0.15, 0.2) is 0 Å². The number of hydrogen-bond acceptors (Lipinski definition) is 2. The molecule has 0 atom stereocenters. The van der Waals surface area contributed by atoms with Crippen LogP contribution in [0.2, 0.25) is 0 Å². The van der Waals surface area contributed by atoms with Gasteiger partial charge in [-0.25, -0.2) is 4.79 Å². The third-order valence-electron chi connectivity index (χ3n) is 3.63. The maximum Gasteiger partial charge on any atom is 0.339 e. The summed E-state index contributed by atoms with van der Waals surface area (Å²) in [5, 5.41) is 9.71. The topological polar surface area (TPSA) is 50.4 Å². The lowest BCUT2D eigenvalue weighted by Gasteiger charge is -2.04. The first-order valence-corrected chi connectivity index (χ1v) is 7.03. The van der Waals surface area contributed by atoms with E-state index >= 15 is 0 Å². The number of carboxylic acid groups (broad SMARTS) is 1. The van der Waals surface area contributed by atoms with E-state index in [1.165, 1.54) is 11.8 Å². The highest BCUT2D eigenvalue weighted by atomic mass is 16.4. The molecule has 0 saturated heterocycles. The zero-order chi connectivity index (χ0) is 14.8. The van der Waals surface area contributed by atoms with Crippen molar-refractivity contribution in [3.8, 4) is 11.1 Å². The molecule has 0 bridgehead atoms. The van der Waals surface area contributed by atoms with Crippen LogP contribution in [0.15, 0.2) is 53.1 Å². The van der Waals surface area contributed by atoms with Gasteiger partial charge in [0.05, 0.1) is 0 Å². The van der Waals surface area contributed by atoms with Gasteiger partial charge in [0, 0.05) is 5.39 Å². The van der Waals surface area contributed by atoms with E-state index in [4.69, 9.17) is 9.52 Å². The van der Waals surface area contributed by atoms with Crippen molar-refractivity contribution < 1.29 is 14.3 Å². The molecule has 2 aromatic carbocycles. The molecule has 0 aliphatic heterocycles. The number of furan rings is 1. The van der Waals surface area contributed by atoms with Gasteiger partial charge >= 0.3 is 5.97 Å². The molecule has 1 aromatic heterocycles.